The number of carbonyl (C=O) groups excluding carboxylic acids is 1. The van der Waals surface area contributed by atoms with Crippen LogP contribution in [-0.2, 0) is 14.8 Å². The first-order valence-corrected chi connectivity index (χ1v) is 8.02. The predicted octanol–water partition coefficient (Wildman–Crippen LogP) is 1.99. The number of sulfonamides is 1. The van der Waals surface area contributed by atoms with Crippen LogP contribution in [0.5, 0.6) is 0 Å². The molecular weight excluding hydrogens is 356 g/mol. The summed E-state index contributed by atoms with van der Waals surface area (Å²) in [7, 11) is -3.79. The van der Waals surface area contributed by atoms with Crippen LogP contribution < -0.4 is 5.73 Å². The number of nitrogens with zero attached hydrogens (tertiary/aromatic N) is 1. The maximum absolute atomic E-state index is 12.4. The fourth-order valence-electron chi connectivity index (χ4n) is 1.47. The molecule has 0 fully saturated rings. The van der Waals surface area contributed by atoms with Gasteiger partial charge in [0.1, 0.15) is 0 Å². The number of nitrogens with two attached hydrogens (primary N) is 1. The van der Waals surface area contributed by atoms with Crippen molar-refractivity contribution in [3.8, 4) is 0 Å². The molecule has 0 saturated carbocycles. The fourth-order valence-corrected chi connectivity index (χ4v) is 3.75. The predicted molar refractivity (Wildman–Crippen MR) is 77.4 cm³/mol. The molecule has 0 bridgehead atoms. The summed E-state index contributed by atoms with van der Waals surface area (Å²) in [6.07, 6.45) is 0. The van der Waals surface area contributed by atoms with Crippen molar-refractivity contribution in [3.63, 3.8) is 0 Å². The van der Waals surface area contributed by atoms with Crippen molar-refractivity contribution >= 4 is 43.5 Å². The van der Waals surface area contributed by atoms with Gasteiger partial charge in [0, 0.05) is 10.5 Å². The van der Waals surface area contributed by atoms with E-state index in [-0.39, 0.29) is 17.5 Å². The van der Waals surface area contributed by atoms with Gasteiger partial charge in [-0.25, -0.2) is 8.42 Å². The number of halogens is 2. The Balaban J connectivity index is 3.26. The summed E-state index contributed by atoms with van der Waals surface area (Å²) in [4.78, 5) is 11.1. The zero-order chi connectivity index (χ0) is 14.8. The van der Waals surface area contributed by atoms with E-state index in [4.69, 9.17) is 17.3 Å². The molecule has 8 heteroatoms. The zero-order valence-corrected chi connectivity index (χ0v) is 13.6. The van der Waals surface area contributed by atoms with Gasteiger partial charge in [0.2, 0.25) is 15.9 Å². The average molecular weight is 370 g/mol. The Bertz CT molecular complexity index is 590. The van der Waals surface area contributed by atoms with E-state index in [1.807, 2.05) is 0 Å². The van der Waals surface area contributed by atoms with E-state index in [1.165, 1.54) is 18.2 Å². The van der Waals surface area contributed by atoms with Crippen LogP contribution in [-0.4, -0.2) is 31.2 Å². The molecule has 0 radical (unpaired) electrons. The van der Waals surface area contributed by atoms with Gasteiger partial charge in [-0.15, -0.1) is 0 Å². The average Bonchev–Trinajstić information content (AvgIpc) is 2.28. The fraction of sp³-hybridized carbons (Fsp3) is 0.364. The van der Waals surface area contributed by atoms with Crippen molar-refractivity contribution in [2.45, 2.75) is 24.8 Å². The van der Waals surface area contributed by atoms with E-state index in [0.717, 1.165) is 4.31 Å². The van der Waals surface area contributed by atoms with Gasteiger partial charge in [-0.05, 0) is 48.0 Å². The van der Waals surface area contributed by atoms with E-state index < -0.39 is 15.9 Å². The number of hydrogen-bond donors (Lipinski definition) is 1. The second-order valence-electron chi connectivity index (χ2n) is 4.19. The van der Waals surface area contributed by atoms with Gasteiger partial charge < -0.3 is 5.73 Å². The molecular formula is C11H14BrClN2O3S. The van der Waals surface area contributed by atoms with Crippen molar-refractivity contribution in [3.05, 3.63) is 27.7 Å². The van der Waals surface area contributed by atoms with Crippen LogP contribution in [0, 0.1) is 0 Å². The Hall–Kier alpha value is -0.630. The maximum Gasteiger partial charge on any atom is 0.243 e. The van der Waals surface area contributed by atoms with Crippen LogP contribution in [0.2, 0.25) is 5.02 Å². The second kappa shape index (κ2) is 6.21. The normalized spacial score (nSPS) is 12.1. The van der Waals surface area contributed by atoms with Gasteiger partial charge in [0.05, 0.1) is 16.5 Å². The van der Waals surface area contributed by atoms with Crippen molar-refractivity contribution in [2.75, 3.05) is 6.54 Å². The Kier molecular flexibility index (Phi) is 5.37. The maximum atomic E-state index is 12.4. The third-order valence-corrected chi connectivity index (χ3v) is 5.62. The number of primary amides is 1. The highest BCUT2D eigenvalue weighted by Crippen LogP contribution is 2.27. The lowest BCUT2D eigenvalue weighted by Crippen LogP contribution is -2.42. The minimum absolute atomic E-state index is 0.0544. The molecule has 5 nitrogen and oxygen atoms in total. The van der Waals surface area contributed by atoms with Crippen LogP contribution in [0.1, 0.15) is 13.8 Å². The molecule has 106 valence electrons. The number of benzene rings is 1. The summed E-state index contributed by atoms with van der Waals surface area (Å²) in [5.41, 5.74) is 5.08. The third kappa shape index (κ3) is 3.92. The van der Waals surface area contributed by atoms with Gasteiger partial charge in [-0.3, -0.25) is 4.79 Å². The summed E-state index contributed by atoms with van der Waals surface area (Å²) in [5, 5.41) is 0.407. The Morgan fingerprint density at radius 2 is 2.05 bits per heavy atom. The van der Waals surface area contributed by atoms with E-state index >= 15 is 0 Å². The van der Waals surface area contributed by atoms with E-state index in [2.05, 4.69) is 15.9 Å². The number of amides is 1. The van der Waals surface area contributed by atoms with Gasteiger partial charge in [-0.2, -0.15) is 4.31 Å². The molecule has 19 heavy (non-hydrogen) atoms. The molecule has 1 aromatic rings. The molecule has 0 unspecified atom stereocenters. The van der Waals surface area contributed by atoms with Crippen LogP contribution >= 0.6 is 27.5 Å². The SMILES string of the molecule is CC(C)N(CC(N)=O)S(=O)(=O)c1ccc(Cl)c(Br)c1. The van der Waals surface area contributed by atoms with Gasteiger partial charge in [0.15, 0.2) is 0 Å². The van der Waals surface area contributed by atoms with Crippen molar-refractivity contribution < 1.29 is 13.2 Å². The van der Waals surface area contributed by atoms with Crippen molar-refractivity contribution in [1.82, 2.24) is 4.31 Å². The van der Waals surface area contributed by atoms with E-state index in [9.17, 15) is 13.2 Å². The lowest BCUT2D eigenvalue weighted by Gasteiger charge is -2.24. The zero-order valence-electron chi connectivity index (χ0n) is 10.4. The molecule has 0 spiro atoms. The highest BCUT2D eigenvalue weighted by Gasteiger charge is 2.28. The largest absolute Gasteiger partial charge is 0.369 e. The summed E-state index contributed by atoms with van der Waals surface area (Å²) in [5.74, 6) is -0.703. The summed E-state index contributed by atoms with van der Waals surface area (Å²) in [6.45, 7) is 2.98. The lowest BCUT2D eigenvalue weighted by molar-refractivity contribution is -0.118. The first-order chi connectivity index (χ1) is 8.66. The molecule has 1 amide bonds. The minimum atomic E-state index is -3.79. The van der Waals surface area contributed by atoms with Crippen LogP contribution in [0.25, 0.3) is 0 Å². The van der Waals surface area contributed by atoms with E-state index in [1.54, 1.807) is 13.8 Å². The molecule has 0 aromatic heterocycles. The van der Waals surface area contributed by atoms with Crippen molar-refractivity contribution in [1.29, 1.82) is 0 Å². The quantitative estimate of drug-likeness (QED) is 0.862. The van der Waals surface area contributed by atoms with Crippen LogP contribution in [0.15, 0.2) is 27.6 Å². The van der Waals surface area contributed by atoms with Gasteiger partial charge >= 0.3 is 0 Å². The highest BCUT2D eigenvalue weighted by atomic mass is 79.9. The van der Waals surface area contributed by atoms with Gasteiger partial charge in [0.25, 0.3) is 0 Å². The smallest absolute Gasteiger partial charge is 0.243 e. The molecule has 0 saturated heterocycles. The standard InChI is InChI=1S/C11H14BrClN2O3S/c1-7(2)15(6-11(14)16)19(17,18)8-3-4-10(13)9(12)5-8/h3-5,7H,6H2,1-2H3,(H2,14,16). The molecule has 0 heterocycles. The minimum Gasteiger partial charge on any atom is -0.369 e. The third-order valence-electron chi connectivity index (χ3n) is 2.39. The second-order valence-corrected chi connectivity index (χ2v) is 7.34. The first kappa shape index (κ1) is 16.4. The van der Waals surface area contributed by atoms with E-state index in [0.29, 0.717) is 9.50 Å². The molecule has 0 aliphatic carbocycles. The number of carbonyl (C=O) groups is 1. The van der Waals surface area contributed by atoms with Crippen molar-refractivity contribution in [2.24, 2.45) is 5.73 Å². The summed E-state index contributed by atoms with van der Waals surface area (Å²) in [6, 6.07) is 3.88. The number of rotatable bonds is 5. The Labute approximate surface area is 125 Å². The molecule has 1 aromatic carbocycles. The highest BCUT2D eigenvalue weighted by molar-refractivity contribution is 9.10. The first-order valence-electron chi connectivity index (χ1n) is 5.41. The van der Waals surface area contributed by atoms with Crippen LogP contribution in [0.3, 0.4) is 0 Å². The Morgan fingerprint density at radius 3 is 2.47 bits per heavy atom. The van der Waals surface area contributed by atoms with Gasteiger partial charge in [-0.1, -0.05) is 11.6 Å². The molecule has 1 rings (SSSR count). The Morgan fingerprint density at radius 1 is 1.47 bits per heavy atom. The lowest BCUT2D eigenvalue weighted by atomic mass is 10.4. The summed E-state index contributed by atoms with van der Waals surface area (Å²) >= 11 is 9.00. The molecule has 0 atom stereocenters. The summed E-state index contributed by atoms with van der Waals surface area (Å²) < 4.78 is 26.4. The molecule has 2 N–H and O–H groups in total. The monoisotopic (exact) mass is 368 g/mol. The number of hydrogen-bond acceptors (Lipinski definition) is 3. The molecule has 0 aliphatic heterocycles. The van der Waals surface area contributed by atoms with Crippen LogP contribution in [0.4, 0.5) is 0 Å². The molecule has 0 aliphatic rings. The topological polar surface area (TPSA) is 80.5 Å².